The van der Waals surface area contributed by atoms with Crippen LogP contribution < -0.4 is 4.90 Å². The van der Waals surface area contributed by atoms with Crippen molar-refractivity contribution >= 4 is 39.6 Å². The van der Waals surface area contributed by atoms with E-state index in [-0.39, 0.29) is 5.92 Å². The highest BCUT2D eigenvalue weighted by molar-refractivity contribution is 6.15. The van der Waals surface area contributed by atoms with E-state index in [1.165, 1.54) is 50.1 Å². The molecular weight excluding hydrogens is 677 g/mol. The third-order valence-electron chi connectivity index (χ3n) is 11.5. The van der Waals surface area contributed by atoms with Crippen molar-refractivity contribution in [1.29, 1.82) is 0 Å². The third kappa shape index (κ3) is 6.24. The fourth-order valence-electron chi connectivity index (χ4n) is 8.79. The number of anilines is 3. The molecule has 0 radical (unpaired) electrons. The summed E-state index contributed by atoms with van der Waals surface area (Å²) in [5, 5.41) is 0. The molecule has 2 aliphatic carbocycles. The number of benzene rings is 7. The first-order valence-corrected chi connectivity index (χ1v) is 19.8. The van der Waals surface area contributed by atoms with Gasteiger partial charge in [-0.05, 0) is 111 Å². The summed E-state index contributed by atoms with van der Waals surface area (Å²) in [6.45, 7) is 2.29. The highest BCUT2D eigenvalue weighted by atomic mass is 15.1. The fourth-order valence-corrected chi connectivity index (χ4v) is 8.79. The molecule has 0 aromatic heterocycles. The monoisotopic (exact) mass is 718 g/mol. The van der Waals surface area contributed by atoms with Crippen LogP contribution in [-0.2, 0) is 0 Å². The number of hydrogen-bond acceptors (Lipinski definition) is 2. The lowest BCUT2D eigenvalue weighted by molar-refractivity contribution is 0.740. The second-order valence-electron chi connectivity index (χ2n) is 15.2. The van der Waals surface area contributed by atoms with Crippen molar-refractivity contribution in [2.24, 2.45) is 10.9 Å². The van der Waals surface area contributed by atoms with Crippen LogP contribution >= 0.6 is 0 Å². The summed E-state index contributed by atoms with van der Waals surface area (Å²) >= 11 is 0. The summed E-state index contributed by atoms with van der Waals surface area (Å²) in [5.74, 6) is 0.612. The Labute approximate surface area is 330 Å². The minimum absolute atomic E-state index is 0.0684. The number of allylic oxidation sites excluding steroid dienone is 5. The maximum absolute atomic E-state index is 5.63. The van der Waals surface area contributed by atoms with Gasteiger partial charge in [0.1, 0.15) is 0 Å². The van der Waals surface area contributed by atoms with Crippen LogP contribution in [0.15, 0.2) is 205 Å². The molecule has 0 spiro atoms. The van der Waals surface area contributed by atoms with E-state index in [1.54, 1.807) is 0 Å². The van der Waals surface area contributed by atoms with Crippen molar-refractivity contribution in [3.8, 4) is 22.3 Å². The van der Waals surface area contributed by atoms with Crippen LogP contribution in [0.1, 0.15) is 53.5 Å². The zero-order valence-corrected chi connectivity index (χ0v) is 31.5. The van der Waals surface area contributed by atoms with E-state index in [0.29, 0.717) is 5.92 Å². The Bertz CT molecular complexity index is 2660. The first kappa shape index (κ1) is 33.8. The van der Waals surface area contributed by atoms with E-state index in [1.807, 2.05) is 0 Å². The van der Waals surface area contributed by atoms with Gasteiger partial charge < -0.3 is 4.90 Å². The lowest BCUT2D eigenvalue weighted by Crippen LogP contribution is -2.19. The van der Waals surface area contributed by atoms with Gasteiger partial charge in [0.15, 0.2) is 0 Å². The average molecular weight is 719 g/mol. The quantitative estimate of drug-likeness (QED) is 0.160. The SMILES string of the molecule is CC1C=C(c2ccc(N(c3ccc(-c4ccccc4)cc3)c3ccc4c(c3)C3CC(=C(c5ccccc5)N=C3c3ccccc3)c3ccccc3-4)cc2)C=CC1. The molecule has 2 unspecified atom stereocenters. The molecule has 56 heavy (non-hydrogen) atoms. The molecule has 1 heterocycles. The molecule has 10 rings (SSSR count). The first-order valence-electron chi connectivity index (χ1n) is 19.8. The van der Waals surface area contributed by atoms with Crippen molar-refractivity contribution in [3.05, 3.63) is 228 Å². The molecule has 268 valence electrons. The van der Waals surface area contributed by atoms with Gasteiger partial charge in [-0.2, -0.15) is 0 Å². The van der Waals surface area contributed by atoms with Crippen molar-refractivity contribution in [3.63, 3.8) is 0 Å². The zero-order chi connectivity index (χ0) is 37.4. The third-order valence-corrected chi connectivity index (χ3v) is 11.5. The van der Waals surface area contributed by atoms with Crippen molar-refractivity contribution in [1.82, 2.24) is 0 Å². The standard InChI is InChI=1S/C54H42N2/c1-37-14-13-21-43(34-37)40-26-30-45(31-27-40)56(44-28-24-39(25-29-44)38-15-5-2-6-16-38)46-32-33-49-47-22-11-12-23-48(47)51-36-52(50(49)35-46)54(42-19-9-4-10-20-42)55-53(51)41-17-7-3-8-18-41/h2-13,15-35,37,52H,14,36H2,1H3. The molecule has 0 N–H and O–H groups in total. The molecule has 1 aliphatic heterocycles. The summed E-state index contributed by atoms with van der Waals surface area (Å²) < 4.78 is 0. The Hall–Kier alpha value is -6.77. The van der Waals surface area contributed by atoms with Gasteiger partial charge in [-0.15, -0.1) is 0 Å². The summed E-state index contributed by atoms with van der Waals surface area (Å²) in [6, 6.07) is 66.3. The Balaban J connectivity index is 1.15. The van der Waals surface area contributed by atoms with Gasteiger partial charge >= 0.3 is 0 Å². The smallest absolute Gasteiger partial charge is 0.0744 e. The van der Waals surface area contributed by atoms with Crippen LogP contribution in [0.5, 0.6) is 0 Å². The topological polar surface area (TPSA) is 15.6 Å². The molecule has 0 saturated heterocycles. The van der Waals surface area contributed by atoms with Crippen LogP contribution in [-0.4, -0.2) is 5.71 Å². The molecule has 7 aromatic rings. The highest BCUT2D eigenvalue weighted by Gasteiger charge is 2.35. The van der Waals surface area contributed by atoms with Crippen LogP contribution in [0, 0.1) is 5.92 Å². The van der Waals surface area contributed by atoms with Gasteiger partial charge in [-0.3, -0.25) is 4.99 Å². The lowest BCUT2D eigenvalue weighted by atomic mass is 9.81. The minimum Gasteiger partial charge on any atom is -0.310 e. The molecule has 2 heteroatoms. The van der Waals surface area contributed by atoms with Crippen LogP contribution in [0.4, 0.5) is 17.1 Å². The predicted octanol–water partition coefficient (Wildman–Crippen LogP) is 14.3. The van der Waals surface area contributed by atoms with E-state index in [9.17, 15) is 0 Å². The number of nitrogens with zero attached hydrogens (tertiary/aromatic N) is 2. The molecular formula is C54H42N2. The number of rotatable bonds is 7. The van der Waals surface area contributed by atoms with Gasteiger partial charge in [0.25, 0.3) is 0 Å². The Morgan fingerprint density at radius 2 is 1.05 bits per heavy atom. The Morgan fingerprint density at radius 1 is 0.500 bits per heavy atom. The molecule has 2 bridgehead atoms. The lowest BCUT2D eigenvalue weighted by Gasteiger charge is -2.30. The normalized spacial score (nSPS) is 16.9. The summed E-state index contributed by atoms with van der Waals surface area (Å²) in [4.78, 5) is 8.04. The van der Waals surface area contributed by atoms with Gasteiger partial charge in [0.2, 0.25) is 0 Å². The second-order valence-corrected chi connectivity index (χ2v) is 15.2. The van der Waals surface area contributed by atoms with E-state index in [0.717, 1.165) is 52.4 Å². The average Bonchev–Trinajstić information content (AvgIpc) is 3.38. The number of fused-ring (bicyclic) bond motifs is 7. The maximum atomic E-state index is 5.63. The Kier molecular flexibility index (Phi) is 8.73. The summed E-state index contributed by atoms with van der Waals surface area (Å²) in [5.41, 5.74) is 19.2. The van der Waals surface area contributed by atoms with Crippen LogP contribution in [0.2, 0.25) is 0 Å². The highest BCUT2D eigenvalue weighted by Crippen LogP contribution is 2.51. The van der Waals surface area contributed by atoms with E-state index in [2.05, 4.69) is 212 Å². The molecule has 0 saturated carbocycles. The zero-order valence-electron chi connectivity index (χ0n) is 31.5. The molecule has 7 aromatic carbocycles. The summed E-state index contributed by atoms with van der Waals surface area (Å²) in [7, 11) is 0. The number of aliphatic imine (C=N–C) groups is 1. The van der Waals surface area contributed by atoms with Crippen molar-refractivity contribution in [2.75, 3.05) is 4.90 Å². The van der Waals surface area contributed by atoms with Gasteiger partial charge in [0.05, 0.1) is 11.4 Å². The molecule has 3 aliphatic rings. The van der Waals surface area contributed by atoms with Crippen LogP contribution in [0.25, 0.3) is 39.1 Å². The fraction of sp³-hybridized carbons (Fsp3) is 0.0926. The van der Waals surface area contributed by atoms with Gasteiger partial charge in [0, 0.05) is 28.5 Å². The Morgan fingerprint density at radius 3 is 1.71 bits per heavy atom. The van der Waals surface area contributed by atoms with Gasteiger partial charge in [-0.25, -0.2) is 0 Å². The molecule has 0 fully saturated rings. The predicted molar refractivity (Wildman–Crippen MR) is 236 cm³/mol. The summed E-state index contributed by atoms with van der Waals surface area (Å²) in [6.07, 6.45) is 8.92. The van der Waals surface area contributed by atoms with Gasteiger partial charge in [-0.1, -0.05) is 171 Å². The van der Waals surface area contributed by atoms with E-state index >= 15 is 0 Å². The van der Waals surface area contributed by atoms with Crippen molar-refractivity contribution in [2.45, 2.75) is 25.7 Å². The van der Waals surface area contributed by atoms with E-state index in [4.69, 9.17) is 4.99 Å². The second kappa shape index (κ2) is 14.5. The molecule has 2 nitrogen and oxygen atoms in total. The maximum Gasteiger partial charge on any atom is 0.0744 e. The van der Waals surface area contributed by atoms with Crippen LogP contribution in [0.3, 0.4) is 0 Å². The minimum atomic E-state index is 0.0684. The molecule has 2 atom stereocenters. The number of hydrogen-bond donors (Lipinski definition) is 0. The van der Waals surface area contributed by atoms with Crippen molar-refractivity contribution < 1.29 is 0 Å². The first-order chi connectivity index (χ1) is 27.7. The molecule has 0 amide bonds. The largest absolute Gasteiger partial charge is 0.310 e. The van der Waals surface area contributed by atoms with E-state index < -0.39 is 0 Å².